The summed E-state index contributed by atoms with van der Waals surface area (Å²) in [5, 5.41) is 0. The van der Waals surface area contributed by atoms with Gasteiger partial charge in [-0.2, -0.15) is 8.42 Å². The maximum absolute atomic E-state index is 13.4. The van der Waals surface area contributed by atoms with Crippen molar-refractivity contribution in [3.05, 3.63) is 28.8 Å². The first kappa shape index (κ1) is 28.8. The fourth-order valence-corrected chi connectivity index (χ4v) is 6.90. The summed E-state index contributed by atoms with van der Waals surface area (Å²) in [4.78, 5) is 26.5. The van der Waals surface area contributed by atoms with Crippen LogP contribution in [0.15, 0.2) is 12.1 Å². The van der Waals surface area contributed by atoms with Crippen LogP contribution in [-0.4, -0.2) is 59.8 Å². The van der Waals surface area contributed by atoms with Crippen molar-refractivity contribution in [2.75, 3.05) is 5.75 Å². The number of carbonyl (C=O) groups excluding carboxylic acids is 2. The molecule has 6 radical (unpaired) electrons. The number of carbonyl (C=O) groups is 2. The zero-order valence-electron chi connectivity index (χ0n) is 21.1. The van der Waals surface area contributed by atoms with Gasteiger partial charge in [0.1, 0.15) is 17.1 Å². The van der Waals surface area contributed by atoms with E-state index in [1.807, 2.05) is 12.1 Å². The van der Waals surface area contributed by atoms with E-state index in [-0.39, 0.29) is 36.4 Å². The van der Waals surface area contributed by atoms with E-state index in [9.17, 15) is 22.6 Å². The van der Waals surface area contributed by atoms with E-state index in [1.165, 1.54) is 13.8 Å². The Morgan fingerprint density at radius 2 is 1.42 bits per heavy atom. The van der Waals surface area contributed by atoms with Crippen LogP contribution in [0.4, 0.5) is 0 Å². The fraction of sp³-hybridized carbons (Fsp3) is 0.680. The van der Waals surface area contributed by atoms with Gasteiger partial charge in [0.15, 0.2) is 0 Å². The molecule has 0 aliphatic heterocycles. The number of ether oxygens (including phenoxy) is 2. The second kappa shape index (κ2) is 11.8. The summed E-state index contributed by atoms with van der Waals surface area (Å²) >= 11 is 0. The SMILES string of the molecule is [B]Cc1cc(C[B])c(OC(=O)C2CCCC3C(C(=O)OC(C)(C)CS(=O)(=O)O)CCCC23)c(C[B])c1. The predicted octanol–water partition coefficient (Wildman–Crippen LogP) is 2.64. The smallest absolute Gasteiger partial charge is 0.314 e. The van der Waals surface area contributed by atoms with Crippen LogP contribution >= 0.6 is 0 Å². The number of esters is 2. The van der Waals surface area contributed by atoms with Crippen molar-refractivity contribution >= 4 is 45.6 Å². The average molecular weight is 510 g/mol. The van der Waals surface area contributed by atoms with E-state index < -0.39 is 33.4 Å². The summed E-state index contributed by atoms with van der Waals surface area (Å²) in [6, 6.07) is 3.65. The van der Waals surface area contributed by atoms with Crippen LogP contribution in [0.5, 0.6) is 5.75 Å². The van der Waals surface area contributed by atoms with Gasteiger partial charge in [0.05, 0.1) is 35.4 Å². The summed E-state index contributed by atoms with van der Waals surface area (Å²) in [6.07, 6.45) is 5.02. The van der Waals surface area contributed by atoms with Crippen molar-refractivity contribution in [3.8, 4) is 5.75 Å². The lowest BCUT2D eigenvalue weighted by molar-refractivity contribution is -0.167. The molecule has 0 saturated heterocycles. The van der Waals surface area contributed by atoms with Crippen LogP contribution in [0.1, 0.15) is 69.1 Å². The van der Waals surface area contributed by atoms with Crippen LogP contribution in [-0.2, 0) is 43.4 Å². The Kier molecular flexibility index (Phi) is 9.42. The zero-order chi connectivity index (χ0) is 26.7. The molecule has 0 bridgehead atoms. The number of rotatable bonds is 9. The van der Waals surface area contributed by atoms with Crippen LogP contribution in [0.25, 0.3) is 0 Å². The van der Waals surface area contributed by atoms with E-state index in [2.05, 4.69) is 0 Å². The van der Waals surface area contributed by atoms with Crippen LogP contribution in [0.2, 0.25) is 0 Å². The molecule has 1 aromatic carbocycles. The first-order valence-electron chi connectivity index (χ1n) is 12.5. The van der Waals surface area contributed by atoms with Crippen LogP contribution in [0, 0.1) is 23.7 Å². The van der Waals surface area contributed by atoms with Gasteiger partial charge in [-0.05, 0) is 62.5 Å². The number of hydrogen-bond donors (Lipinski definition) is 1. The highest BCUT2D eigenvalue weighted by atomic mass is 32.2. The molecular weight excluding hydrogens is 477 g/mol. The van der Waals surface area contributed by atoms with Gasteiger partial charge in [-0.1, -0.05) is 49.5 Å². The van der Waals surface area contributed by atoms with E-state index >= 15 is 0 Å². The lowest BCUT2D eigenvalue weighted by Crippen LogP contribution is -2.46. The standard InChI is InChI=1S/C25H33B3O7S/c1-25(2,14-36(31,32)33)35-24(30)21-8-4-5-18-19(21)6-3-7-20(18)23(29)34-22-16(12-27)9-15(11-26)10-17(22)13-28/h9-10,18-21H,3-8,11-14H2,1-2H3,(H,31,32,33). The maximum atomic E-state index is 13.4. The van der Waals surface area contributed by atoms with Gasteiger partial charge < -0.3 is 9.47 Å². The minimum absolute atomic E-state index is 0.0480. The highest BCUT2D eigenvalue weighted by Crippen LogP contribution is 2.48. The third-order valence-corrected chi connectivity index (χ3v) is 8.44. The third-order valence-electron chi connectivity index (χ3n) is 7.38. The normalized spacial score (nSPS) is 24.5. The molecule has 4 unspecified atom stereocenters. The monoisotopic (exact) mass is 510 g/mol. The molecule has 2 saturated carbocycles. The lowest BCUT2D eigenvalue weighted by atomic mass is 9.61. The summed E-state index contributed by atoms with van der Waals surface area (Å²) in [6.45, 7) is 2.92. The highest BCUT2D eigenvalue weighted by Gasteiger charge is 2.47. The second-order valence-corrected chi connectivity index (χ2v) is 12.0. The van der Waals surface area contributed by atoms with Crippen molar-refractivity contribution in [3.63, 3.8) is 0 Å². The minimum Gasteiger partial charge on any atom is -0.458 e. The molecule has 2 fully saturated rings. The molecule has 1 N–H and O–H groups in total. The van der Waals surface area contributed by atoms with Gasteiger partial charge in [0.2, 0.25) is 0 Å². The predicted molar refractivity (Wildman–Crippen MR) is 139 cm³/mol. The Hall–Kier alpha value is -1.74. The Bertz CT molecular complexity index is 1050. The summed E-state index contributed by atoms with van der Waals surface area (Å²) in [5.74, 6) is -2.07. The number of hydrogen-bond acceptors (Lipinski definition) is 6. The maximum Gasteiger partial charge on any atom is 0.314 e. The third kappa shape index (κ3) is 6.97. The molecular formula is C25H33B3O7S. The largest absolute Gasteiger partial charge is 0.458 e. The zero-order valence-corrected chi connectivity index (χ0v) is 21.9. The van der Waals surface area contributed by atoms with E-state index in [0.717, 1.165) is 31.2 Å². The summed E-state index contributed by atoms with van der Waals surface area (Å²) < 4.78 is 43.3. The van der Waals surface area contributed by atoms with Gasteiger partial charge in [0, 0.05) is 0 Å². The molecule has 0 aromatic heterocycles. The van der Waals surface area contributed by atoms with Crippen LogP contribution < -0.4 is 4.74 Å². The van der Waals surface area contributed by atoms with E-state index in [4.69, 9.17) is 33.0 Å². The van der Waals surface area contributed by atoms with Crippen molar-refractivity contribution in [2.24, 2.45) is 23.7 Å². The molecule has 36 heavy (non-hydrogen) atoms. The number of benzene rings is 1. The molecule has 3 rings (SSSR count). The molecule has 7 nitrogen and oxygen atoms in total. The first-order chi connectivity index (χ1) is 16.9. The van der Waals surface area contributed by atoms with Crippen molar-refractivity contribution in [2.45, 2.75) is 76.9 Å². The Morgan fingerprint density at radius 3 is 1.86 bits per heavy atom. The van der Waals surface area contributed by atoms with Crippen LogP contribution in [0.3, 0.4) is 0 Å². The molecule has 2 aliphatic carbocycles. The minimum atomic E-state index is -4.31. The molecule has 0 amide bonds. The molecule has 1 aromatic rings. The lowest BCUT2D eigenvalue weighted by Gasteiger charge is -2.44. The average Bonchev–Trinajstić information content (AvgIpc) is 2.81. The van der Waals surface area contributed by atoms with Gasteiger partial charge in [0.25, 0.3) is 10.1 Å². The summed E-state index contributed by atoms with van der Waals surface area (Å²) in [5.41, 5.74) is 0.840. The highest BCUT2D eigenvalue weighted by molar-refractivity contribution is 7.85. The fourth-order valence-electron chi connectivity index (χ4n) is 5.96. The summed E-state index contributed by atoms with van der Waals surface area (Å²) in [7, 11) is 13.3. The Labute approximate surface area is 218 Å². The van der Waals surface area contributed by atoms with Gasteiger partial charge in [-0.15, -0.1) is 0 Å². The van der Waals surface area contributed by atoms with Crippen molar-refractivity contribution in [1.82, 2.24) is 0 Å². The molecule has 4 atom stereocenters. The molecule has 0 spiro atoms. The molecule has 0 heterocycles. The first-order valence-corrected chi connectivity index (χ1v) is 14.1. The molecule has 11 heteroatoms. The van der Waals surface area contributed by atoms with Crippen molar-refractivity contribution in [1.29, 1.82) is 0 Å². The Morgan fingerprint density at radius 1 is 0.917 bits per heavy atom. The molecule has 2 aliphatic rings. The van der Waals surface area contributed by atoms with Crippen molar-refractivity contribution < 1.29 is 32.0 Å². The number of fused-ring (bicyclic) bond motifs is 1. The van der Waals surface area contributed by atoms with Gasteiger partial charge in [-0.25, -0.2) is 0 Å². The van der Waals surface area contributed by atoms with E-state index in [1.54, 1.807) is 0 Å². The Balaban J connectivity index is 1.78. The van der Waals surface area contributed by atoms with E-state index in [0.29, 0.717) is 36.0 Å². The molecule has 190 valence electrons. The quantitative estimate of drug-likeness (QED) is 0.236. The van der Waals surface area contributed by atoms with Gasteiger partial charge >= 0.3 is 11.9 Å². The van der Waals surface area contributed by atoms with Gasteiger partial charge in [-0.3, -0.25) is 14.1 Å². The second-order valence-electron chi connectivity index (χ2n) is 10.6. The topological polar surface area (TPSA) is 107 Å².